The van der Waals surface area contributed by atoms with Crippen molar-refractivity contribution >= 4 is 28.9 Å². The summed E-state index contributed by atoms with van der Waals surface area (Å²) in [6, 6.07) is 4.18. The molecule has 4 atom stereocenters. The predicted molar refractivity (Wildman–Crippen MR) is 171 cm³/mol. The van der Waals surface area contributed by atoms with Crippen LogP contribution in [0.25, 0.3) is 17.1 Å². The lowest BCUT2D eigenvalue weighted by molar-refractivity contribution is -0.153. The number of hydrogen-bond donors (Lipinski definition) is 5. The van der Waals surface area contributed by atoms with Gasteiger partial charge in [-0.3, -0.25) is 24.2 Å². The number of aromatic hydroxyl groups is 1. The summed E-state index contributed by atoms with van der Waals surface area (Å²) in [5, 5.41) is 46.4. The van der Waals surface area contributed by atoms with E-state index in [1.807, 2.05) is 46.2 Å². The van der Waals surface area contributed by atoms with Crippen LogP contribution in [-0.4, -0.2) is 127 Å². The van der Waals surface area contributed by atoms with Crippen LogP contribution < -0.4 is 10.6 Å². The van der Waals surface area contributed by atoms with Crippen molar-refractivity contribution in [3.63, 3.8) is 0 Å². The number of anilines is 1. The number of hydrogen-bond acceptors (Lipinski definition) is 12. The van der Waals surface area contributed by atoms with Crippen LogP contribution in [-0.2, 0) is 27.3 Å². The number of primary amides is 1. The van der Waals surface area contributed by atoms with Crippen LogP contribution in [0, 0.1) is 11.8 Å². The largest absolute Gasteiger partial charge is 0.508 e. The monoisotopic (exact) mass is 637 g/mol. The number of nitrogens with two attached hydrogens (primary N) is 1. The maximum absolute atomic E-state index is 14.2. The number of ketones is 2. The van der Waals surface area contributed by atoms with Crippen LogP contribution >= 0.6 is 0 Å². The van der Waals surface area contributed by atoms with E-state index in [1.165, 1.54) is 4.90 Å². The highest BCUT2D eigenvalue weighted by atomic mass is 16.4. The predicted octanol–water partition coefficient (Wildman–Crippen LogP) is 1.28. The molecular weight excluding hydrogens is 594 g/mol. The molecule has 3 aliphatic rings. The highest BCUT2D eigenvalue weighted by molar-refractivity contribution is 6.24. The fraction of sp³-hybridized carbons (Fsp3) is 0.485. The first kappa shape index (κ1) is 33.2. The summed E-state index contributed by atoms with van der Waals surface area (Å²) in [5.74, 6) is -5.86. The zero-order valence-electron chi connectivity index (χ0n) is 27.3. The lowest BCUT2D eigenvalue weighted by atomic mass is 9.57. The van der Waals surface area contributed by atoms with Crippen LogP contribution in [0.4, 0.5) is 5.69 Å². The third-order valence-corrected chi connectivity index (χ3v) is 9.46. The molecular formula is C33H43N5O8. The summed E-state index contributed by atoms with van der Waals surface area (Å²) in [6.45, 7) is 2.22. The van der Waals surface area contributed by atoms with Gasteiger partial charge in [-0.15, -0.1) is 0 Å². The number of furan rings is 1. The molecule has 1 fully saturated rings. The molecule has 13 heteroatoms. The van der Waals surface area contributed by atoms with Crippen LogP contribution in [0.5, 0.6) is 5.75 Å². The summed E-state index contributed by atoms with van der Waals surface area (Å²) in [7, 11) is 12.8. The van der Waals surface area contributed by atoms with Gasteiger partial charge in [0.15, 0.2) is 11.4 Å². The third-order valence-electron chi connectivity index (χ3n) is 9.46. The first-order chi connectivity index (χ1) is 21.5. The molecule has 1 amide bonds. The number of aliphatic hydroxyl groups is 3. The summed E-state index contributed by atoms with van der Waals surface area (Å²) in [4.78, 5) is 47.3. The molecule has 0 saturated heterocycles. The summed E-state index contributed by atoms with van der Waals surface area (Å²) >= 11 is 0. The summed E-state index contributed by atoms with van der Waals surface area (Å²) < 4.78 is 6.14. The summed E-state index contributed by atoms with van der Waals surface area (Å²) in [5.41, 5.74) is 3.23. The molecule has 3 aliphatic carbocycles. The van der Waals surface area contributed by atoms with E-state index >= 15 is 0 Å². The van der Waals surface area contributed by atoms with Crippen molar-refractivity contribution in [1.29, 1.82) is 0 Å². The first-order valence-electron chi connectivity index (χ1n) is 15.1. The number of carbonyl (C=O) groups excluding carboxylic acids is 3. The van der Waals surface area contributed by atoms with Crippen molar-refractivity contribution in [2.24, 2.45) is 17.6 Å². The quantitative estimate of drug-likeness (QED) is 0.249. The van der Waals surface area contributed by atoms with Gasteiger partial charge in [0.05, 0.1) is 23.7 Å². The molecule has 5 rings (SSSR count). The van der Waals surface area contributed by atoms with E-state index in [2.05, 4.69) is 9.80 Å². The van der Waals surface area contributed by atoms with Gasteiger partial charge in [0.25, 0.3) is 5.91 Å². The summed E-state index contributed by atoms with van der Waals surface area (Å²) in [6.07, 6.45) is 0.208. The molecule has 46 heavy (non-hydrogen) atoms. The van der Waals surface area contributed by atoms with Gasteiger partial charge < -0.3 is 40.4 Å². The second kappa shape index (κ2) is 11.9. The minimum absolute atomic E-state index is 0.0125. The van der Waals surface area contributed by atoms with E-state index < -0.39 is 58.0 Å². The molecule has 0 bridgehead atoms. The SMILES string of the molecule is CN(C)CCN(C)Cc1ccc(-c2cc(N(C)C)c3c(c2O)C(O)=C2C(=O)C4(O)C(O)=C(C(N)=O)C(=O)C(N(C)C)C4CC2C3)o1. The van der Waals surface area contributed by atoms with Crippen LogP contribution in [0.15, 0.2) is 39.5 Å². The second-order valence-electron chi connectivity index (χ2n) is 13.3. The van der Waals surface area contributed by atoms with Gasteiger partial charge in [-0.05, 0) is 77.8 Å². The lowest BCUT2D eigenvalue weighted by Crippen LogP contribution is -2.65. The van der Waals surface area contributed by atoms with Crippen LogP contribution in [0.2, 0.25) is 0 Å². The molecule has 2 aromatic rings. The number of phenolic OH excluding ortho intramolecular Hbond substituents is 1. The molecule has 13 nitrogen and oxygen atoms in total. The molecule has 1 aromatic heterocycles. The molecule has 0 spiro atoms. The van der Waals surface area contributed by atoms with Crippen molar-refractivity contribution in [3.05, 3.63) is 52.0 Å². The third kappa shape index (κ3) is 5.16. The minimum atomic E-state index is -2.70. The maximum Gasteiger partial charge on any atom is 0.255 e. The Labute approximate surface area is 267 Å². The Hall–Kier alpha value is -4.17. The average Bonchev–Trinajstić information content (AvgIpc) is 3.41. The van der Waals surface area contributed by atoms with Gasteiger partial charge >= 0.3 is 0 Å². The number of likely N-dealkylation sites (N-methyl/N-ethyl adjacent to an activating group) is 3. The highest BCUT2D eigenvalue weighted by Crippen LogP contribution is 2.55. The Morgan fingerprint density at radius 2 is 1.72 bits per heavy atom. The zero-order chi connectivity index (χ0) is 34.0. The van der Waals surface area contributed by atoms with Gasteiger partial charge in [-0.1, -0.05) is 0 Å². The second-order valence-corrected chi connectivity index (χ2v) is 13.3. The molecule has 0 radical (unpaired) electrons. The van der Waals surface area contributed by atoms with Gasteiger partial charge in [0.2, 0.25) is 5.78 Å². The lowest BCUT2D eigenvalue weighted by Gasteiger charge is -2.50. The van der Waals surface area contributed by atoms with E-state index in [4.69, 9.17) is 10.2 Å². The molecule has 1 aromatic carbocycles. The zero-order valence-corrected chi connectivity index (χ0v) is 27.3. The normalized spacial score (nSPS) is 24.5. The minimum Gasteiger partial charge on any atom is -0.508 e. The van der Waals surface area contributed by atoms with Crippen molar-refractivity contribution in [2.75, 3.05) is 67.3 Å². The number of nitrogens with zero attached hydrogens (tertiary/aromatic N) is 4. The van der Waals surface area contributed by atoms with Crippen LogP contribution in [0.3, 0.4) is 0 Å². The number of benzene rings is 1. The Morgan fingerprint density at radius 1 is 1.04 bits per heavy atom. The fourth-order valence-electron chi connectivity index (χ4n) is 7.20. The van der Waals surface area contributed by atoms with E-state index in [-0.39, 0.29) is 29.7 Å². The number of carbonyl (C=O) groups is 3. The molecule has 0 aliphatic heterocycles. The molecule has 248 valence electrons. The molecule has 1 saturated carbocycles. The van der Waals surface area contributed by atoms with Gasteiger partial charge in [0, 0.05) is 44.4 Å². The van der Waals surface area contributed by atoms with Crippen molar-refractivity contribution < 1.29 is 39.2 Å². The Kier molecular flexibility index (Phi) is 8.58. The first-order valence-corrected chi connectivity index (χ1v) is 15.1. The average molecular weight is 638 g/mol. The van der Waals surface area contributed by atoms with Crippen molar-refractivity contribution in [3.8, 4) is 17.1 Å². The van der Waals surface area contributed by atoms with E-state index in [0.29, 0.717) is 34.9 Å². The Bertz CT molecular complexity index is 1670. The molecule has 4 unspecified atom stereocenters. The van der Waals surface area contributed by atoms with E-state index in [1.54, 1.807) is 26.2 Å². The highest BCUT2D eigenvalue weighted by Gasteiger charge is 2.64. The topological polar surface area (TPSA) is 184 Å². The van der Waals surface area contributed by atoms with E-state index in [0.717, 1.165) is 13.1 Å². The number of phenols is 1. The van der Waals surface area contributed by atoms with Gasteiger partial charge in [-0.25, -0.2) is 0 Å². The standard InChI is InChI=1S/C33H43N5O8/c1-35(2)10-11-38(7)15-17-8-9-22(46-17)19-14-21(36(3)4)18-12-16-13-20-26(37(5)6)29(41)25(32(34)44)31(43)33(20,45)30(42)23(16)28(40)24(18)27(19)39/h8-9,14,16,20,26,39-40,43,45H,10-13,15H2,1-7H3,(H2,34,44). The number of aliphatic hydroxyl groups excluding tert-OH is 2. The van der Waals surface area contributed by atoms with Gasteiger partial charge in [-0.2, -0.15) is 0 Å². The molecule has 6 N–H and O–H groups in total. The number of fused-ring (bicyclic) bond motifs is 3. The smallest absolute Gasteiger partial charge is 0.255 e. The fourth-order valence-corrected chi connectivity index (χ4v) is 7.20. The Balaban J connectivity index is 1.63. The van der Waals surface area contributed by atoms with Crippen LogP contribution in [0.1, 0.15) is 23.3 Å². The Morgan fingerprint density at radius 3 is 2.30 bits per heavy atom. The van der Waals surface area contributed by atoms with E-state index in [9.17, 15) is 34.8 Å². The number of rotatable bonds is 9. The maximum atomic E-state index is 14.2. The van der Waals surface area contributed by atoms with Crippen molar-refractivity contribution in [1.82, 2.24) is 14.7 Å². The number of Topliss-reactive ketones (excluding diaryl/α,β-unsaturated/α-hetero) is 2. The molecule has 1 heterocycles. The number of amides is 1. The van der Waals surface area contributed by atoms with Gasteiger partial charge in [0.1, 0.15) is 34.4 Å². The van der Waals surface area contributed by atoms with Crippen molar-refractivity contribution in [2.45, 2.75) is 31.0 Å².